The van der Waals surface area contributed by atoms with E-state index in [0.29, 0.717) is 31.2 Å². The first-order chi connectivity index (χ1) is 9.34. The Morgan fingerprint density at radius 2 is 2.00 bits per heavy atom. The molecular formula is C14H21ClF3NO. The van der Waals surface area contributed by atoms with Crippen LogP contribution in [0, 0.1) is 17.8 Å². The standard InChI is InChI=1S/C14H21ClF3NO/c1-9-5-6-19(12(9)8-15)13(20)10-3-2-4-11(7-10)14(16,17)18/h9-12H,2-8H2,1H3. The SMILES string of the molecule is CC1CCN(C(=O)C2CCCC(C(F)(F)F)C2)C1CCl. The highest BCUT2D eigenvalue weighted by Crippen LogP contribution is 2.41. The molecule has 0 bridgehead atoms. The Hall–Kier alpha value is -0.450. The number of nitrogens with zero attached hydrogens (tertiary/aromatic N) is 1. The van der Waals surface area contributed by atoms with E-state index in [0.717, 1.165) is 6.42 Å². The van der Waals surface area contributed by atoms with Crippen molar-refractivity contribution in [1.29, 1.82) is 0 Å². The maximum Gasteiger partial charge on any atom is 0.391 e. The van der Waals surface area contributed by atoms with Crippen molar-refractivity contribution in [2.75, 3.05) is 12.4 Å². The van der Waals surface area contributed by atoms with E-state index in [-0.39, 0.29) is 24.8 Å². The fourth-order valence-electron chi connectivity index (χ4n) is 3.46. The van der Waals surface area contributed by atoms with E-state index in [1.807, 2.05) is 6.92 Å². The first-order valence-corrected chi connectivity index (χ1v) is 7.81. The molecule has 2 fully saturated rings. The van der Waals surface area contributed by atoms with Gasteiger partial charge in [0.2, 0.25) is 5.91 Å². The molecule has 0 aromatic rings. The van der Waals surface area contributed by atoms with Gasteiger partial charge in [0, 0.05) is 24.4 Å². The number of amides is 1. The van der Waals surface area contributed by atoms with Crippen molar-refractivity contribution in [3.05, 3.63) is 0 Å². The number of rotatable bonds is 2. The highest BCUT2D eigenvalue weighted by molar-refractivity contribution is 6.18. The van der Waals surface area contributed by atoms with Gasteiger partial charge in [0.15, 0.2) is 0 Å². The van der Waals surface area contributed by atoms with Gasteiger partial charge in [-0.05, 0) is 31.6 Å². The Balaban J connectivity index is 2.02. The molecule has 0 N–H and O–H groups in total. The zero-order valence-electron chi connectivity index (χ0n) is 11.6. The third-order valence-corrected chi connectivity index (χ3v) is 5.13. The predicted octanol–water partition coefficient (Wildman–Crippen LogP) is 3.83. The van der Waals surface area contributed by atoms with Crippen LogP contribution in [0.1, 0.15) is 39.0 Å². The molecule has 2 aliphatic rings. The minimum absolute atomic E-state index is 0.0181. The lowest BCUT2D eigenvalue weighted by molar-refractivity contribution is -0.187. The molecule has 0 aromatic heterocycles. The van der Waals surface area contributed by atoms with E-state index in [1.165, 1.54) is 0 Å². The molecule has 6 heteroatoms. The summed E-state index contributed by atoms with van der Waals surface area (Å²) in [4.78, 5) is 14.2. The number of halogens is 4. The second kappa shape index (κ2) is 6.12. The highest BCUT2D eigenvalue weighted by atomic mass is 35.5. The molecule has 2 nitrogen and oxygen atoms in total. The van der Waals surface area contributed by atoms with Gasteiger partial charge in [-0.15, -0.1) is 11.6 Å². The molecule has 2 rings (SSSR count). The van der Waals surface area contributed by atoms with Gasteiger partial charge >= 0.3 is 6.18 Å². The van der Waals surface area contributed by atoms with Gasteiger partial charge in [-0.1, -0.05) is 13.3 Å². The summed E-state index contributed by atoms with van der Waals surface area (Å²) in [5.41, 5.74) is 0. The zero-order valence-corrected chi connectivity index (χ0v) is 12.4. The number of hydrogen-bond donors (Lipinski definition) is 0. The molecule has 1 aliphatic heterocycles. The van der Waals surface area contributed by atoms with E-state index in [4.69, 9.17) is 11.6 Å². The Morgan fingerprint density at radius 1 is 1.30 bits per heavy atom. The van der Waals surface area contributed by atoms with Crippen LogP contribution in [0.25, 0.3) is 0 Å². The molecule has 0 radical (unpaired) electrons. The summed E-state index contributed by atoms with van der Waals surface area (Å²) < 4.78 is 38.4. The lowest BCUT2D eigenvalue weighted by Gasteiger charge is -2.34. The Labute approximate surface area is 122 Å². The van der Waals surface area contributed by atoms with Crippen molar-refractivity contribution in [2.45, 2.75) is 51.2 Å². The minimum Gasteiger partial charge on any atom is -0.338 e. The number of carbonyl (C=O) groups is 1. The van der Waals surface area contributed by atoms with Crippen molar-refractivity contribution in [1.82, 2.24) is 4.90 Å². The maximum absolute atomic E-state index is 12.8. The van der Waals surface area contributed by atoms with Crippen LogP contribution in [-0.4, -0.2) is 35.4 Å². The predicted molar refractivity (Wildman–Crippen MR) is 71.5 cm³/mol. The maximum atomic E-state index is 12.8. The van der Waals surface area contributed by atoms with Crippen LogP contribution in [0.15, 0.2) is 0 Å². The van der Waals surface area contributed by atoms with Crippen molar-refractivity contribution >= 4 is 17.5 Å². The lowest BCUT2D eigenvalue weighted by atomic mass is 9.80. The quantitative estimate of drug-likeness (QED) is 0.710. The van der Waals surface area contributed by atoms with Crippen LogP contribution in [0.5, 0.6) is 0 Å². The fourth-order valence-corrected chi connectivity index (χ4v) is 3.93. The third kappa shape index (κ3) is 3.23. The molecule has 1 saturated carbocycles. The number of alkyl halides is 4. The molecule has 1 heterocycles. The van der Waals surface area contributed by atoms with Crippen molar-refractivity contribution in [2.24, 2.45) is 17.8 Å². The van der Waals surface area contributed by atoms with Gasteiger partial charge in [0.05, 0.1) is 5.92 Å². The summed E-state index contributed by atoms with van der Waals surface area (Å²) in [6.45, 7) is 2.67. The van der Waals surface area contributed by atoms with Gasteiger partial charge in [0.25, 0.3) is 0 Å². The van der Waals surface area contributed by atoms with E-state index in [1.54, 1.807) is 4.90 Å². The van der Waals surface area contributed by atoms with E-state index in [2.05, 4.69) is 0 Å². The average molecular weight is 312 g/mol. The normalized spacial score (nSPS) is 35.4. The molecule has 116 valence electrons. The molecule has 4 unspecified atom stereocenters. The number of carbonyl (C=O) groups excluding carboxylic acids is 1. The van der Waals surface area contributed by atoms with E-state index < -0.39 is 18.0 Å². The second-order valence-electron chi connectivity index (χ2n) is 6.12. The second-order valence-corrected chi connectivity index (χ2v) is 6.43. The first-order valence-electron chi connectivity index (χ1n) is 7.27. The lowest BCUT2D eigenvalue weighted by Crippen LogP contribution is -2.44. The molecular weight excluding hydrogens is 291 g/mol. The van der Waals surface area contributed by atoms with Crippen LogP contribution >= 0.6 is 11.6 Å². The molecule has 20 heavy (non-hydrogen) atoms. The van der Waals surface area contributed by atoms with Gasteiger partial charge in [-0.25, -0.2) is 0 Å². The zero-order chi connectivity index (χ0) is 14.9. The number of hydrogen-bond acceptors (Lipinski definition) is 1. The van der Waals surface area contributed by atoms with Gasteiger partial charge < -0.3 is 4.90 Å². The fraction of sp³-hybridized carbons (Fsp3) is 0.929. The highest BCUT2D eigenvalue weighted by Gasteiger charge is 2.45. The van der Waals surface area contributed by atoms with Crippen LogP contribution < -0.4 is 0 Å². The monoisotopic (exact) mass is 311 g/mol. The first kappa shape index (κ1) is 15.9. The topological polar surface area (TPSA) is 20.3 Å². The summed E-state index contributed by atoms with van der Waals surface area (Å²) in [7, 11) is 0. The summed E-state index contributed by atoms with van der Waals surface area (Å²) in [5, 5.41) is 0. The Morgan fingerprint density at radius 3 is 2.60 bits per heavy atom. The molecule has 4 atom stereocenters. The van der Waals surface area contributed by atoms with Gasteiger partial charge in [-0.2, -0.15) is 13.2 Å². The average Bonchev–Trinajstić information content (AvgIpc) is 2.78. The molecule has 1 amide bonds. The summed E-state index contributed by atoms with van der Waals surface area (Å²) in [6.07, 6.45) is -2.13. The smallest absolute Gasteiger partial charge is 0.338 e. The summed E-state index contributed by atoms with van der Waals surface area (Å²) in [5.74, 6) is -1.22. The van der Waals surface area contributed by atoms with Crippen LogP contribution in [0.4, 0.5) is 13.2 Å². The Kier molecular flexibility index (Phi) is 4.88. The van der Waals surface area contributed by atoms with Crippen LogP contribution in [0.2, 0.25) is 0 Å². The van der Waals surface area contributed by atoms with Crippen molar-refractivity contribution in [3.63, 3.8) is 0 Å². The van der Waals surface area contributed by atoms with Crippen LogP contribution in [0.3, 0.4) is 0 Å². The third-order valence-electron chi connectivity index (χ3n) is 4.81. The number of likely N-dealkylation sites (tertiary alicyclic amines) is 1. The van der Waals surface area contributed by atoms with E-state index in [9.17, 15) is 18.0 Å². The minimum atomic E-state index is -4.18. The Bertz CT molecular complexity index is 361. The molecule has 0 spiro atoms. The molecule has 1 aliphatic carbocycles. The van der Waals surface area contributed by atoms with Gasteiger partial charge in [0.1, 0.15) is 0 Å². The molecule has 0 aromatic carbocycles. The molecule has 1 saturated heterocycles. The van der Waals surface area contributed by atoms with Crippen LogP contribution in [-0.2, 0) is 4.79 Å². The van der Waals surface area contributed by atoms with Crippen molar-refractivity contribution in [3.8, 4) is 0 Å². The van der Waals surface area contributed by atoms with Crippen molar-refractivity contribution < 1.29 is 18.0 Å². The largest absolute Gasteiger partial charge is 0.391 e. The summed E-state index contributed by atoms with van der Waals surface area (Å²) in [6, 6.07) is -0.0181. The van der Waals surface area contributed by atoms with Gasteiger partial charge in [-0.3, -0.25) is 4.79 Å². The summed E-state index contributed by atoms with van der Waals surface area (Å²) >= 11 is 5.91. The van der Waals surface area contributed by atoms with E-state index >= 15 is 0 Å².